The van der Waals surface area contributed by atoms with Crippen molar-refractivity contribution in [3.8, 4) is 0 Å². The molecule has 2 aromatic heterocycles. The van der Waals surface area contributed by atoms with Crippen LogP contribution in [0.3, 0.4) is 0 Å². The van der Waals surface area contributed by atoms with Crippen LogP contribution in [0.2, 0.25) is 0 Å². The number of nitrogens with zero attached hydrogens (tertiary/aromatic N) is 3. The molecule has 0 fully saturated rings. The molecule has 0 radical (unpaired) electrons. The Labute approximate surface area is 144 Å². The summed E-state index contributed by atoms with van der Waals surface area (Å²) in [5, 5.41) is 12.2. The van der Waals surface area contributed by atoms with Gasteiger partial charge in [0.1, 0.15) is 5.58 Å². The minimum atomic E-state index is -0.269. The van der Waals surface area contributed by atoms with Crippen molar-refractivity contribution in [3.63, 3.8) is 0 Å². The molecular weight excluding hydrogens is 316 g/mol. The lowest BCUT2D eigenvalue weighted by Gasteiger charge is -2.18. The van der Waals surface area contributed by atoms with E-state index in [1.54, 1.807) is 23.3 Å². The van der Waals surface area contributed by atoms with E-state index in [0.29, 0.717) is 12.1 Å². The predicted octanol–water partition coefficient (Wildman–Crippen LogP) is 3.20. The third-order valence-electron chi connectivity index (χ3n) is 3.97. The van der Waals surface area contributed by atoms with Crippen LogP contribution < -0.4 is 5.32 Å². The molecular formula is C19H16N4O2. The topological polar surface area (TPSA) is 73.0 Å². The Hall–Kier alpha value is -3.41. The number of fused-ring (bicyclic) bond motifs is 1. The maximum Gasteiger partial charge on any atom is 0.287 e. The molecule has 4 rings (SSSR count). The SMILES string of the molecule is O=C(N[C@@H](Cn1nccn1)c1ccccc1)c1cc2ccccc2o1. The van der Waals surface area contributed by atoms with E-state index in [2.05, 4.69) is 15.5 Å². The van der Waals surface area contributed by atoms with E-state index < -0.39 is 0 Å². The summed E-state index contributed by atoms with van der Waals surface area (Å²) in [6.07, 6.45) is 3.23. The van der Waals surface area contributed by atoms with E-state index in [0.717, 1.165) is 10.9 Å². The molecule has 124 valence electrons. The van der Waals surface area contributed by atoms with Crippen molar-refractivity contribution < 1.29 is 9.21 Å². The van der Waals surface area contributed by atoms with Gasteiger partial charge in [0, 0.05) is 5.39 Å². The van der Waals surface area contributed by atoms with Crippen LogP contribution in [0.25, 0.3) is 11.0 Å². The molecule has 0 aliphatic carbocycles. The average Bonchev–Trinajstić information content (AvgIpc) is 3.31. The van der Waals surface area contributed by atoms with E-state index in [1.807, 2.05) is 54.6 Å². The van der Waals surface area contributed by atoms with Crippen LogP contribution in [-0.4, -0.2) is 20.9 Å². The van der Waals surface area contributed by atoms with Gasteiger partial charge in [0.05, 0.1) is 25.0 Å². The molecule has 0 aliphatic rings. The van der Waals surface area contributed by atoms with Crippen LogP contribution in [0.4, 0.5) is 0 Å². The summed E-state index contributed by atoms with van der Waals surface area (Å²) in [5.41, 5.74) is 1.67. The Balaban J connectivity index is 1.60. The van der Waals surface area contributed by atoms with Crippen molar-refractivity contribution in [2.75, 3.05) is 0 Å². The molecule has 0 saturated heterocycles. The average molecular weight is 332 g/mol. The lowest BCUT2D eigenvalue weighted by Crippen LogP contribution is -2.31. The van der Waals surface area contributed by atoms with Crippen molar-refractivity contribution in [2.45, 2.75) is 12.6 Å². The van der Waals surface area contributed by atoms with E-state index in [1.165, 1.54) is 0 Å². The lowest BCUT2D eigenvalue weighted by molar-refractivity contribution is 0.0905. The van der Waals surface area contributed by atoms with Gasteiger partial charge in [0.25, 0.3) is 5.91 Å². The maximum atomic E-state index is 12.7. The van der Waals surface area contributed by atoms with Gasteiger partial charge in [-0.1, -0.05) is 48.5 Å². The maximum absolute atomic E-state index is 12.7. The number of amides is 1. The summed E-state index contributed by atoms with van der Waals surface area (Å²) in [4.78, 5) is 14.2. The highest BCUT2D eigenvalue weighted by Crippen LogP contribution is 2.20. The number of rotatable bonds is 5. The van der Waals surface area contributed by atoms with E-state index >= 15 is 0 Å². The third kappa shape index (κ3) is 3.28. The van der Waals surface area contributed by atoms with Gasteiger partial charge >= 0.3 is 0 Å². The van der Waals surface area contributed by atoms with Crippen molar-refractivity contribution in [1.82, 2.24) is 20.3 Å². The van der Waals surface area contributed by atoms with Crippen molar-refractivity contribution in [2.24, 2.45) is 0 Å². The minimum absolute atomic E-state index is 0.266. The Kier molecular flexibility index (Phi) is 4.00. The van der Waals surface area contributed by atoms with Gasteiger partial charge in [0.15, 0.2) is 5.76 Å². The molecule has 4 aromatic rings. The van der Waals surface area contributed by atoms with Crippen molar-refractivity contribution in [3.05, 3.63) is 84.4 Å². The van der Waals surface area contributed by atoms with E-state index in [-0.39, 0.29) is 17.7 Å². The molecule has 0 spiro atoms. The number of nitrogens with one attached hydrogen (secondary N) is 1. The molecule has 0 aliphatic heterocycles. The summed E-state index contributed by atoms with van der Waals surface area (Å²) >= 11 is 0. The van der Waals surface area contributed by atoms with Crippen LogP contribution >= 0.6 is 0 Å². The standard InChI is InChI=1S/C19H16N4O2/c24-19(18-12-15-8-4-5-9-17(15)25-18)22-16(13-23-20-10-11-21-23)14-6-2-1-3-7-14/h1-12,16H,13H2,(H,22,24)/t16-/m0/s1. The fourth-order valence-electron chi connectivity index (χ4n) is 2.74. The first-order valence-corrected chi connectivity index (χ1v) is 7.98. The van der Waals surface area contributed by atoms with Crippen molar-refractivity contribution in [1.29, 1.82) is 0 Å². The largest absolute Gasteiger partial charge is 0.451 e. The second kappa shape index (κ2) is 6.60. The molecule has 0 saturated carbocycles. The van der Waals surface area contributed by atoms with E-state index in [4.69, 9.17) is 4.42 Å². The summed E-state index contributed by atoms with van der Waals surface area (Å²) < 4.78 is 5.65. The molecule has 1 amide bonds. The van der Waals surface area contributed by atoms with Crippen LogP contribution in [0.15, 0.2) is 77.5 Å². The first-order valence-electron chi connectivity index (χ1n) is 7.98. The molecule has 2 aromatic carbocycles. The van der Waals surface area contributed by atoms with E-state index in [9.17, 15) is 4.79 Å². The summed E-state index contributed by atoms with van der Waals surface area (Å²) in [6.45, 7) is 0.434. The number of carbonyl (C=O) groups is 1. The number of para-hydroxylation sites is 1. The zero-order chi connectivity index (χ0) is 17.1. The molecule has 2 heterocycles. The molecule has 6 heteroatoms. The monoisotopic (exact) mass is 332 g/mol. The number of hydrogen-bond acceptors (Lipinski definition) is 4. The predicted molar refractivity (Wildman–Crippen MR) is 92.9 cm³/mol. The normalized spacial score (nSPS) is 12.2. The van der Waals surface area contributed by atoms with Gasteiger partial charge < -0.3 is 9.73 Å². The Bertz CT molecular complexity index is 944. The fourth-order valence-corrected chi connectivity index (χ4v) is 2.74. The van der Waals surface area contributed by atoms with Crippen LogP contribution in [-0.2, 0) is 6.54 Å². The molecule has 1 N–H and O–H groups in total. The summed E-state index contributed by atoms with van der Waals surface area (Å²) in [7, 11) is 0. The Morgan fingerprint density at radius 1 is 1.04 bits per heavy atom. The quantitative estimate of drug-likeness (QED) is 0.609. The lowest BCUT2D eigenvalue weighted by atomic mass is 10.1. The smallest absolute Gasteiger partial charge is 0.287 e. The second-order valence-corrected chi connectivity index (χ2v) is 5.67. The number of aromatic nitrogens is 3. The first-order chi connectivity index (χ1) is 12.3. The molecule has 0 bridgehead atoms. The van der Waals surface area contributed by atoms with Gasteiger partial charge in [-0.3, -0.25) is 4.79 Å². The second-order valence-electron chi connectivity index (χ2n) is 5.67. The number of hydrogen-bond donors (Lipinski definition) is 1. The highest BCUT2D eigenvalue weighted by atomic mass is 16.3. The third-order valence-corrected chi connectivity index (χ3v) is 3.97. The van der Waals surface area contributed by atoms with Crippen LogP contribution in [0.1, 0.15) is 22.2 Å². The highest BCUT2D eigenvalue weighted by molar-refractivity contribution is 5.96. The van der Waals surface area contributed by atoms with Gasteiger partial charge in [-0.15, -0.1) is 0 Å². The molecule has 0 unspecified atom stereocenters. The van der Waals surface area contributed by atoms with Gasteiger partial charge in [-0.2, -0.15) is 15.0 Å². The summed E-state index contributed by atoms with van der Waals surface area (Å²) in [5.74, 6) is 0.0211. The zero-order valence-corrected chi connectivity index (χ0v) is 13.4. The Morgan fingerprint density at radius 3 is 2.52 bits per heavy atom. The molecule has 6 nitrogen and oxygen atoms in total. The van der Waals surface area contributed by atoms with Crippen LogP contribution in [0, 0.1) is 0 Å². The number of carbonyl (C=O) groups excluding carboxylic acids is 1. The minimum Gasteiger partial charge on any atom is -0.451 e. The zero-order valence-electron chi connectivity index (χ0n) is 13.4. The van der Waals surface area contributed by atoms with Gasteiger partial charge in [-0.05, 0) is 17.7 Å². The fraction of sp³-hybridized carbons (Fsp3) is 0.105. The highest BCUT2D eigenvalue weighted by Gasteiger charge is 2.19. The molecule has 1 atom stereocenters. The van der Waals surface area contributed by atoms with Gasteiger partial charge in [0.2, 0.25) is 0 Å². The van der Waals surface area contributed by atoms with Gasteiger partial charge in [-0.25, -0.2) is 0 Å². The number of furan rings is 1. The molecule has 25 heavy (non-hydrogen) atoms. The summed E-state index contributed by atoms with van der Waals surface area (Å²) in [6, 6.07) is 18.8. The van der Waals surface area contributed by atoms with Crippen LogP contribution in [0.5, 0.6) is 0 Å². The van der Waals surface area contributed by atoms with Crippen molar-refractivity contribution >= 4 is 16.9 Å². The Morgan fingerprint density at radius 2 is 1.76 bits per heavy atom. The number of benzene rings is 2. The first kappa shape index (κ1) is 15.1.